The number of fused-ring (bicyclic) bond motifs is 1. The number of nitrogens with one attached hydrogen (secondary N) is 1. The Morgan fingerprint density at radius 1 is 1.11 bits per heavy atom. The molecule has 3 rings (SSSR count). The third kappa shape index (κ3) is 2.36. The molecule has 1 aromatic carbocycles. The normalized spacial score (nSPS) is 20.5. The number of benzene rings is 1. The number of hydrogen-bond donors (Lipinski definition) is 1. The van der Waals surface area contributed by atoms with Gasteiger partial charge in [0.05, 0.1) is 13.2 Å². The highest BCUT2D eigenvalue weighted by atomic mass is 79.9. The standard InChI is InChI=1S/C14H18BrNO2/c15-11-2-3-12-14(18-9-1-8-17-12)13(11)10-4-6-16-7-5-10/h2-3,10,16H,1,4-9H2. The Hall–Kier alpha value is -0.740. The van der Waals surface area contributed by atoms with Crippen molar-refractivity contribution >= 4 is 15.9 Å². The third-order valence-electron chi connectivity index (χ3n) is 3.65. The summed E-state index contributed by atoms with van der Waals surface area (Å²) in [7, 11) is 0. The van der Waals surface area contributed by atoms with Crippen molar-refractivity contribution < 1.29 is 9.47 Å². The number of ether oxygens (including phenoxy) is 2. The topological polar surface area (TPSA) is 30.5 Å². The fourth-order valence-electron chi connectivity index (χ4n) is 2.72. The molecule has 0 spiro atoms. The van der Waals surface area contributed by atoms with E-state index in [9.17, 15) is 0 Å². The first-order chi connectivity index (χ1) is 8.86. The SMILES string of the molecule is Brc1ccc2c(c1C1CCNCC1)OCCCO2. The maximum atomic E-state index is 5.94. The van der Waals surface area contributed by atoms with Gasteiger partial charge in [-0.3, -0.25) is 0 Å². The van der Waals surface area contributed by atoms with Crippen LogP contribution in [0.25, 0.3) is 0 Å². The molecule has 0 amide bonds. The smallest absolute Gasteiger partial charge is 0.165 e. The van der Waals surface area contributed by atoms with Gasteiger partial charge in [-0.25, -0.2) is 0 Å². The first-order valence-electron chi connectivity index (χ1n) is 6.65. The zero-order chi connectivity index (χ0) is 12.4. The van der Waals surface area contributed by atoms with Crippen LogP contribution >= 0.6 is 15.9 Å². The van der Waals surface area contributed by atoms with Gasteiger partial charge >= 0.3 is 0 Å². The molecule has 0 atom stereocenters. The van der Waals surface area contributed by atoms with Gasteiger partial charge in [0, 0.05) is 16.5 Å². The molecule has 0 saturated carbocycles. The Labute approximate surface area is 116 Å². The summed E-state index contributed by atoms with van der Waals surface area (Å²) in [5, 5.41) is 3.41. The highest BCUT2D eigenvalue weighted by Crippen LogP contribution is 2.44. The van der Waals surface area contributed by atoms with E-state index in [1.54, 1.807) is 0 Å². The summed E-state index contributed by atoms with van der Waals surface area (Å²) in [6.45, 7) is 3.67. The van der Waals surface area contributed by atoms with Crippen molar-refractivity contribution in [1.29, 1.82) is 0 Å². The van der Waals surface area contributed by atoms with Gasteiger partial charge in [-0.1, -0.05) is 15.9 Å². The molecule has 18 heavy (non-hydrogen) atoms. The van der Waals surface area contributed by atoms with E-state index >= 15 is 0 Å². The minimum Gasteiger partial charge on any atom is -0.490 e. The molecule has 2 aliphatic heterocycles. The van der Waals surface area contributed by atoms with E-state index in [-0.39, 0.29) is 0 Å². The lowest BCUT2D eigenvalue weighted by Crippen LogP contribution is -2.27. The van der Waals surface area contributed by atoms with Crippen molar-refractivity contribution in [1.82, 2.24) is 5.32 Å². The molecule has 1 aromatic rings. The summed E-state index contributed by atoms with van der Waals surface area (Å²) in [5.41, 5.74) is 1.30. The Kier molecular flexibility index (Phi) is 3.75. The van der Waals surface area contributed by atoms with Gasteiger partial charge in [0.15, 0.2) is 11.5 Å². The molecule has 0 aliphatic carbocycles. The molecule has 2 heterocycles. The monoisotopic (exact) mass is 311 g/mol. The molecule has 3 nitrogen and oxygen atoms in total. The van der Waals surface area contributed by atoms with Gasteiger partial charge in [0.2, 0.25) is 0 Å². The molecule has 1 fully saturated rings. The van der Waals surface area contributed by atoms with Crippen LogP contribution in [0.5, 0.6) is 11.5 Å². The summed E-state index contributed by atoms with van der Waals surface area (Å²) in [6, 6.07) is 4.10. The average Bonchev–Trinajstić information content (AvgIpc) is 2.65. The fourth-order valence-corrected chi connectivity index (χ4v) is 3.36. The second kappa shape index (κ2) is 5.49. The largest absolute Gasteiger partial charge is 0.490 e. The molecule has 1 N–H and O–H groups in total. The maximum absolute atomic E-state index is 5.94. The zero-order valence-electron chi connectivity index (χ0n) is 10.4. The van der Waals surface area contributed by atoms with Crippen LogP contribution in [0.1, 0.15) is 30.7 Å². The molecule has 98 valence electrons. The lowest BCUT2D eigenvalue weighted by molar-refractivity contribution is 0.294. The highest BCUT2D eigenvalue weighted by molar-refractivity contribution is 9.10. The van der Waals surface area contributed by atoms with Crippen LogP contribution in [0.3, 0.4) is 0 Å². The minimum absolute atomic E-state index is 0.567. The van der Waals surface area contributed by atoms with E-state index < -0.39 is 0 Å². The van der Waals surface area contributed by atoms with Gasteiger partial charge in [0.25, 0.3) is 0 Å². The van der Waals surface area contributed by atoms with E-state index in [0.29, 0.717) is 5.92 Å². The average molecular weight is 312 g/mol. The number of rotatable bonds is 1. The maximum Gasteiger partial charge on any atom is 0.165 e. The summed E-state index contributed by atoms with van der Waals surface area (Å²) >= 11 is 3.68. The quantitative estimate of drug-likeness (QED) is 0.864. The Balaban J connectivity index is 2.00. The molecule has 2 aliphatic rings. The van der Waals surface area contributed by atoms with Crippen LogP contribution in [0.15, 0.2) is 16.6 Å². The summed E-state index contributed by atoms with van der Waals surface area (Å²) in [5.74, 6) is 2.44. The molecular weight excluding hydrogens is 294 g/mol. The van der Waals surface area contributed by atoms with Gasteiger partial charge in [0.1, 0.15) is 0 Å². The number of piperidine rings is 1. The summed E-state index contributed by atoms with van der Waals surface area (Å²) in [6.07, 6.45) is 3.29. The lowest BCUT2D eigenvalue weighted by Gasteiger charge is -2.26. The van der Waals surface area contributed by atoms with Crippen LogP contribution in [0.2, 0.25) is 0 Å². The first-order valence-corrected chi connectivity index (χ1v) is 7.44. The molecule has 1 saturated heterocycles. The van der Waals surface area contributed by atoms with Crippen LogP contribution < -0.4 is 14.8 Å². The van der Waals surface area contributed by atoms with Gasteiger partial charge in [-0.05, 0) is 44.0 Å². The van der Waals surface area contributed by atoms with E-state index in [1.807, 2.05) is 6.07 Å². The molecule has 0 unspecified atom stereocenters. The fraction of sp³-hybridized carbons (Fsp3) is 0.571. The van der Waals surface area contributed by atoms with Gasteiger partial charge < -0.3 is 14.8 Å². The summed E-state index contributed by atoms with van der Waals surface area (Å²) < 4.78 is 12.9. The van der Waals surface area contributed by atoms with Crippen molar-refractivity contribution in [3.63, 3.8) is 0 Å². The minimum atomic E-state index is 0.567. The van der Waals surface area contributed by atoms with E-state index in [2.05, 4.69) is 27.3 Å². The van der Waals surface area contributed by atoms with Gasteiger partial charge in [-0.2, -0.15) is 0 Å². The zero-order valence-corrected chi connectivity index (χ0v) is 12.0. The summed E-state index contributed by atoms with van der Waals surface area (Å²) in [4.78, 5) is 0. The van der Waals surface area contributed by atoms with Crippen molar-refractivity contribution in [2.24, 2.45) is 0 Å². The van der Waals surface area contributed by atoms with Crippen LogP contribution in [0.4, 0.5) is 0 Å². The van der Waals surface area contributed by atoms with Crippen molar-refractivity contribution in [3.05, 3.63) is 22.2 Å². The Morgan fingerprint density at radius 3 is 2.72 bits per heavy atom. The molecule has 4 heteroatoms. The van der Waals surface area contributed by atoms with Crippen LogP contribution in [0, 0.1) is 0 Å². The predicted molar refractivity (Wildman–Crippen MR) is 74.6 cm³/mol. The molecule has 0 bridgehead atoms. The van der Waals surface area contributed by atoms with Crippen LogP contribution in [-0.2, 0) is 0 Å². The predicted octanol–water partition coefficient (Wildman–Crippen LogP) is 3.08. The highest BCUT2D eigenvalue weighted by Gasteiger charge is 2.25. The lowest BCUT2D eigenvalue weighted by atomic mass is 9.89. The second-order valence-electron chi connectivity index (χ2n) is 4.86. The molecule has 0 radical (unpaired) electrons. The molecule has 0 aromatic heterocycles. The van der Waals surface area contributed by atoms with E-state index in [1.165, 1.54) is 18.4 Å². The van der Waals surface area contributed by atoms with Crippen LogP contribution in [-0.4, -0.2) is 26.3 Å². The van der Waals surface area contributed by atoms with Gasteiger partial charge in [-0.15, -0.1) is 0 Å². The number of hydrogen-bond acceptors (Lipinski definition) is 3. The van der Waals surface area contributed by atoms with Crippen molar-refractivity contribution in [2.75, 3.05) is 26.3 Å². The Morgan fingerprint density at radius 2 is 1.89 bits per heavy atom. The van der Waals surface area contributed by atoms with E-state index in [4.69, 9.17) is 9.47 Å². The molecular formula is C14H18BrNO2. The first kappa shape index (κ1) is 12.3. The van der Waals surface area contributed by atoms with E-state index in [0.717, 1.165) is 48.7 Å². The number of halogens is 1. The van der Waals surface area contributed by atoms with Crippen molar-refractivity contribution in [3.8, 4) is 11.5 Å². The third-order valence-corrected chi connectivity index (χ3v) is 4.34. The second-order valence-corrected chi connectivity index (χ2v) is 5.72. The Bertz CT molecular complexity index is 430. The van der Waals surface area contributed by atoms with Crippen molar-refractivity contribution in [2.45, 2.75) is 25.2 Å².